The molecule has 1 aromatic rings. The van der Waals surface area contributed by atoms with E-state index in [1.807, 2.05) is 0 Å². The fourth-order valence-electron chi connectivity index (χ4n) is 2.09. The van der Waals surface area contributed by atoms with Gasteiger partial charge in [-0.3, -0.25) is 0 Å². The van der Waals surface area contributed by atoms with E-state index in [1.165, 1.54) is 16.8 Å². The molecule has 96 valence electrons. The highest BCUT2D eigenvalue weighted by Gasteiger charge is 2.15. The van der Waals surface area contributed by atoms with E-state index < -0.39 is 0 Å². The summed E-state index contributed by atoms with van der Waals surface area (Å²) in [7, 11) is 0. The van der Waals surface area contributed by atoms with E-state index in [4.69, 9.17) is 5.73 Å². The number of hydrogen-bond donors (Lipinski definition) is 1. The van der Waals surface area contributed by atoms with Gasteiger partial charge in [0.25, 0.3) is 0 Å². The smallest absolute Gasteiger partial charge is 0.0416 e. The third-order valence-corrected chi connectivity index (χ3v) is 2.96. The zero-order chi connectivity index (χ0) is 13.0. The first-order valence-corrected chi connectivity index (χ1v) is 6.52. The highest BCUT2D eigenvalue weighted by Crippen LogP contribution is 2.25. The predicted molar refractivity (Wildman–Crippen MR) is 76.4 cm³/mol. The third kappa shape index (κ3) is 3.74. The van der Waals surface area contributed by atoms with Gasteiger partial charge in [-0.05, 0) is 43.9 Å². The van der Waals surface area contributed by atoms with Gasteiger partial charge in [-0.2, -0.15) is 0 Å². The topological polar surface area (TPSA) is 29.3 Å². The van der Waals surface area contributed by atoms with Gasteiger partial charge >= 0.3 is 0 Å². The van der Waals surface area contributed by atoms with Crippen LogP contribution in [-0.4, -0.2) is 12.6 Å². The Hall–Kier alpha value is -1.02. The Morgan fingerprint density at radius 3 is 2.29 bits per heavy atom. The Labute approximate surface area is 106 Å². The summed E-state index contributed by atoms with van der Waals surface area (Å²) in [5.74, 6) is 0.656. The van der Waals surface area contributed by atoms with Gasteiger partial charge in [-0.1, -0.05) is 26.0 Å². The summed E-state index contributed by atoms with van der Waals surface area (Å²) in [6, 6.07) is 7.05. The quantitative estimate of drug-likeness (QED) is 0.846. The molecular weight excluding hydrogens is 208 g/mol. The zero-order valence-corrected chi connectivity index (χ0v) is 11.8. The number of nitrogens with two attached hydrogens (primary N) is 1. The van der Waals surface area contributed by atoms with Gasteiger partial charge in [0.1, 0.15) is 0 Å². The second-order valence-corrected chi connectivity index (χ2v) is 5.48. The van der Waals surface area contributed by atoms with Gasteiger partial charge in [-0.15, -0.1) is 0 Å². The minimum absolute atomic E-state index is 0.504. The van der Waals surface area contributed by atoms with Crippen molar-refractivity contribution in [2.45, 2.75) is 47.2 Å². The molecule has 0 aliphatic carbocycles. The Morgan fingerprint density at radius 1 is 1.18 bits per heavy atom. The molecule has 0 aliphatic rings. The lowest BCUT2D eigenvalue weighted by Crippen LogP contribution is -2.35. The van der Waals surface area contributed by atoms with Crippen molar-refractivity contribution < 1.29 is 0 Å². The van der Waals surface area contributed by atoms with Gasteiger partial charge in [0, 0.05) is 24.8 Å². The predicted octanol–water partition coefficient (Wildman–Crippen LogP) is 3.32. The lowest BCUT2D eigenvalue weighted by molar-refractivity contribution is 0.569. The van der Waals surface area contributed by atoms with E-state index >= 15 is 0 Å². The normalized spacial score (nSPS) is 11.3. The van der Waals surface area contributed by atoms with Crippen molar-refractivity contribution in [2.75, 3.05) is 11.4 Å². The minimum Gasteiger partial charge on any atom is -0.369 e. The lowest BCUT2D eigenvalue weighted by atomic mass is 10.1. The monoisotopic (exact) mass is 234 g/mol. The molecule has 2 heteroatoms. The van der Waals surface area contributed by atoms with E-state index in [9.17, 15) is 0 Å². The fourth-order valence-corrected chi connectivity index (χ4v) is 2.09. The second-order valence-electron chi connectivity index (χ2n) is 5.48. The summed E-state index contributed by atoms with van der Waals surface area (Å²) in [5, 5.41) is 0. The third-order valence-electron chi connectivity index (χ3n) is 2.96. The van der Waals surface area contributed by atoms with Crippen LogP contribution in [0.2, 0.25) is 0 Å². The molecule has 0 aromatic heterocycles. The second kappa shape index (κ2) is 6.06. The Balaban J connectivity index is 3.11. The van der Waals surface area contributed by atoms with Crippen molar-refractivity contribution in [3.05, 3.63) is 29.3 Å². The van der Waals surface area contributed by atoms with Crippen LogP contribution < -0.4 is 10.6 Å². The molecule has 0 spiro atoms. The summed E-state index contributed by atoms with van der Waals surface area (Å²) in [4.78, 5) is 2.46. The summed E-state index contributed by atoms with van der Waals surface area (Å²) in [5.41, 5.74) is 9.68. The number of anilines is 1. The van der Waals surface area contributed by atoms with Crippen LogP contribution in [0, 0.1) is 12.8 Å². The molecule has 0 saturated heterocycles. The molecule has 0 radical (unpaired) electrons. The maximum Gasteiger partial charge on any atom is 0.0416 e. The van der Waals surface area contributed by atoms with Gasteiger partial charge in [0.15, 0.2) is 0 Å². The van der Waals surface area contributed by atoms with Crippen molar-refractivity contribution in [3.63, 3.8) is 0 Å². The van der Waals surface area contributed by atoms with Crippen LogP contribution in [-0.2, 0) is 6.54 Å². The van der Waals surface area contributed by atoms with Gasteiger partial charge in [0.05, 0.1) is 0 Å². The molecule has 0 atom stereocenters. The highest BCUT2D eigenvalue weighted by molar-refractivity contribution is 5.56. The molecular formula is C15H26N2. The summed E-state index contributed by atoms with van der Waals surface area (Å²) >= 11 is 0. The molecule has 0 amide bonds. The first-order chi connectivity index (χ1) is 7.95. The Kier molecular flexibility index (Phi) is 5.01. The number of benzene rings is 1. The number of rotatable bonds is 5. The van der Waals surface area contributed by atoms with Gasteiger partial charge in [-0.25, -0.2) is 0 Å². The fraction of sp³-hybridized carbons (Fsp3) is 0.600. The first kappa shape index (κ1) is 14.0. The van der Waals surface area contributed by atoms with Gasteiger partial charge < -0.3 is 10.6 Å². The number of hydrogen-bond acceptors (Lipinski definition) is 2. The van der Waals surface area contributed by atoms with Crippen molar-refractivity contribution >= 4 is 5.69 Å². The first-order valence-electron chi connectivity index (χ1n) is 6.52. The maximum atomic E-state index is 5.84. The van der Waals surface area contributed by atoms with Crippen LogP contribution in [0.25, 0.3) is 0 Å². The van der Waals surface area contributed by atoms with Crippen molar-refractivity contribution in [1.82, 2.24) is 0 Å². The van der Waals surface area contributed by atoms with Crippen LogP contribution in [0.15, 0.2) is 18.2 Å². The van der Waals surface area contributed by atoms with Gasteiger partial charge in [0.2, 0.25) is 0 Å². The van der Waals surface area contributed by atoms with Crippen molar-refractivity contribution in [2.24, 2.45) is 11.7 Å². The molecule has 0 aliphatic heterocycles. The van der Waals surface area contributed by atoms with E-state index in [0.29, 0.717) is 18.5 Å². The molecule has 1 aromatic carbocycles. The number of nitrogens with zero attached hydrogens (tertiary/aromatic N) is 1. The molecule has 17 heavy (non-hydrogen) atoms. The van der Waals surface area contributed by atoms with E-state index in [0.717, 1.165) is 6.54 Å². The molecule has 0 unspecified atom stereocenters. The zero-order valence-electron chi connectivity index (χ0n) is 11.8. The highest BCUT2D eigenvalue weighted by atomic mass is 15.2. The molecule has 0 saturated carbocycles. The summed E-state index contributed by atoms with van der Waals surface area (Å²) in [6.45, 7) is 12.8. The maximum absolute atomic E-state index is 5.84. The molecule has 2 nitrogen and oxygen atoms in total. The number of aryl methyl sites for hydroxylation is 1. The van der Waals surface area contributed by atoms with Crippen LogP contribution in [0.4, 0.5) is 5.69 Å². The standard InChI is InChI=1S/C15H26N2/c1-11(2)10-17(12(3)4)15-8-13(5)6-7-14(15)9-16/h6-8,11-12H,9-10,16H2,1-5H3. The lowest BCUT2D eigenvalue weighted by Gasteiger charge is -2.32. The minimum atomic E-state index is 0.504. The van der Waals surface area contributed by atoms with E-state index in [2.05, 4.69) is 57.7 Å². The molecule has 0 bridgehead atoms. The Morgan fingerprint density at radius 2 is 1.82 bits per heavy atom. The molecule has 1 rings (SSSR count). The van der Waals surface area contributed by atoms with E-state index in [1.54, 1.807) is 0 Å². The molecule has 0 fully saturated rings. The summed E-state index contributed by atoms with van der Waals surface area (Å²) < 4.78 is 0. The largest absolute Gasteiger partial charge is 0.369 e. The molecule has 2 N–H and O–H groups in total. The molecule has 0 heterocycles. The van der Waals surface area contributed by atoms with Crippen molar-refractivity contribution in [1.29, 1.82) is 0 Å². The average Bonchev–Trinajstić information content (AvgIpc) is 2.25. The Bertz CT molecular complexity index is 356. The van der Waals surface area contributed by atoms with Crippen LogP contribution >= 0.6 is 0 Å². The van der Waals surface area contributed by atoms with Crippen LogP contribution in [0.3, 0.4) is 0 Å². The summed E-state index contributed by atoms with van der Waals surface area (Å²) in [6.07, 6.45) is 0. The van der Waals surface area contributed by atoms with Crippen LogP contribution in [0.5, 0.6) is 0 Å². The average molecular weight is 234 g/mol. The van der Waals surface area contributed by atoms with Crippen LogP contribution in [0.1, 0.15) is 38.8 Å². The SMILES string of the molecule is Cc1ccc(CN)c(N(CC(C)C)C(C)C)c1. The van der Waals surface area contributed by atoms with Crippen molar-refractivity contribution in [3.8, 4) is 0 Å². The van der Waals surface area contributed by atoms with E-state index in [-0.39, 0.29) is 0 Å².